The van der Waals surface area contributed by atoms with Gasteiger partial charge >= 0.3 is 0 Å². The lowest BCUT2D eigenvalue weighted by Crippen LogP contribution is -2.13. The van der Waals surface area contributed by atoms with Crippen LogP contribution < -0.4 is 4.74 Å². The average Bonchev–Trinajstić information content (AvgIpc) is 2.73. The van der Waals surface area contributed by atoms with Gasteiger partial charge in [-0.05, 0) is 61.8 Å². The molecule has 1 heterocycles. The minimum atomic E-state index is 0.00533. The van der Waals surface area contributed by atoms with Gasteiger partial charge in [-0.25, -0.2) is 0 Å². The smallest absolute Gasteiger partial charge is 0.202 e. The molecule has 0 aliphatic carbocycles. The number of carbonyl (C=O) groups is 1. The summed E-state index contributed by atoms with van der Waals surface area (Å²) in [6, 6.07) is 9.82. The third kappa shape index (κ3) is 3.38. The molecule has 0 unspecified atom stereocenters. The Kier molecular flexibility index (Phi) is 4.88. The molecule has 0 radical (unpaired) electrons. The van der Waals surface area contributed by atoms with E-state index in [1.165, 1.54) is 0 Å². The minimum absolute atomic E-state index is 0.00533. The van der Waals surface area contributed by atoms with Gasteiger partial charge in [-0.2, -0.15) is 0 Å². The predicted molar refractivity (Wildman–Crippen MR) is 88.3 cm³/mol. The van der Waals surface area contributed by atoms with Crippen LogP contribution in [0.1, 0.15) is 41.6 Å². The van der Waals surface area contributed by atoms with Crippen LogP contribution in [0.3, 0.4) is 0 Å². The van der Waals surface area contributed by atoms with E-state index < -0.39 is 0 Å². The van der Waals surface area contributed by atoms with Crippen molar-refractivity contribution in [2.24, 2.45) is 0 Å². The summed E-state index contributed by atoms with van der Waals surface area (Å²) < 4.78 is 8.64. The Bertz CT molecular complexity index is 659. The highest BCUT2D eigenvalue weighted by Gasteiger charge is 2.17. The van der Waals surface area contributed by atoms with Gasteiger partial charge in [-0.3, -0.25) is 4.79 Å². The summed E-state index contributed by atoms with van der Waals surface area (Å²) >= 11 is 3.41. The molecule has 0 bridgehead atoms. The van der Waals surface area contributed by atoms with Gasteiger partial charge in [0.1, 0.15) is 5.75 Å². The van der Waals surface area contributed by atoms with E-state index in [9.17, 15) is 4.79 Å². The topological polar surface area (TPSA) is 31.2 Å². The number of para-hydroxylation sites is 1. The standard InChI is InChI=1S/C17H20BrNO2/c1-11(2)19-12(3)9-14(13(19)4)16(20)10-21-17-8-6-5-7-15(17)18/h5-9,11H,10H2,1-4H3. The van der Waals surface area contributed by atoms with Crippen LogP contribution in [0, 0.1) is 13.8 Å². The summed E-state index contributed by atoms with van der Waals surface area (Å²) in [5, 5.41) is 0. The zero-order valence-corrected chi connectivity index (χ0v) is 14.4. The number of hydrogen-bond donors (Lipinski definition) is 0. The lowest BCUT2D eigenvalue weighted by Gasteiger charge is -2.13. The highest BCUT2D eigenvalue weighted by atomic mass is 79.9. The molecule has 1 aromatic heterocycles. The second kappa shape index (κ2) is 6.48. The van der Waals surface area contributed by atoms with Gasteiger partial charge in [0, 0.05) is 23.0 Å². The van der Waals surface area contributed by atoms with Crippen molar-refractivity contribution < 1.29 is 9.53 Å². The van der Waals surface area contributed by atoms with Gasteiger partial charge in [-0.1, -0.05) is 12.1 Å². The molecule has 4 heteroatoms. The first-order valence-electron chi connectivity index (χ1n) is 7.00. The lowest BCUT2D eigenvalue weighted by molar-refractivity contribution is 0.0920. The number of rotatable bonds is 5. The normalized spacial score (nSPS) is 11.0. The van der Waals surface area contributed by atoms with Crippen LogP contribution in [0.5, 0.6) is 5.75 Å². The molecule has 0 aliphatic rings. The van der Waals surface area contributed by atoms with E-state index in [0.717, 1.165) is 21.4 Å². The number of carbonyl (C=O) groups excluding carboxylic acids is 1. The molecule has 112 valence electrons. The van der Waals surface area contributed by atoms with Crippen LogP contribution >= 0.6 is 15.9 Å². The summed E-state index contributed by atoms with van der Waals surface area (Å²) in [6.07, 6.45) is 0. The first kappa shape index (κ1) is 15.8. The van der Waals surface area contributed by atoms with E-state index >= 15 is 0 Å². The third-order valence-electron chi connectivity index (χ3n) is 3.50. The van der Waals surface area contributed by atoms with E-state index in [1.807, 2.05) is 44.2 Å². The maximum Gasteiger partial charge on any atom is 0.202 e. The second-order valence-corrected chi connectivity index (χ2v) is 6.25. The van der Waals surface area contributed by atoms with Crippen molar-refractivity contribution in [1.82, 2.24) is 4.57 Å². The van der Waals surface area contributed by atoms with E-state index in [2.05, 4.69) is 34.3 Å². The number of ketones is 1. The van der Waals surface area contributed by atoms with E-state index in [-0.39, 0.29) is 12.4 Å². The first-order valence-corrected chi connectivity index (χ1v) is 7.80. The van der Waals surface area contributed by atoms with Crippen molar-refractivity contribution in [2.75, 3.05) is 6.61 Å². The predicted octanol–water partition coefficient (Wildman–Crippen LogP) is 4.71. The maximum absolute atomic E-state index is 12.4. The fourth-order valence-corrected chi connectivity index (χ4v) is 3.04. The molecule has 0 N–H and O–H groups in total. The summed E-state index contributed by atoms with van der Waals surface area (Å²) in [4.78, 5) is 12.4. The monoisotopic (exact) mass is 349 g/mol. The third-order valence-corrected chi connectivity index (χ3v) is 4.15. The zero-order valence-electron chi connectivity index (χ0n) is 12.8. The number of halogens is 1. The Balaban J connectivity index is 2.15. The van der Waals surface area contributed by atoms with Crippen molar-refractivity contribution in [3.63, 3.8) is 0 Å². The van der Waals surface area contributed by atoms with Crippen molar-refractivity contribution >= 4 is 21.7 Å². The van der Waals surface area contributed by atoms with Gasteiger partial charge < -0.3 is 9.30 Å². The quantitative estimate of drug-likeness (QED) is 0.732. The van der Waals surface area contributed by atoms with Crippen LogP contribution in [0.2, 0.25) is 0 Å². The molecule has 0 atom stereocenters. The Morgan fingerprint density at radius 2 is 1.95 bits per heavy atom. The molecule has 0 saturated carbocycles. The van der Waals surface area contributed by atoms with Crippen molar-refractivity contribution in [1.29, 1.82) is 0 Å². The van der Waals surface area contributed by atoms with Gasteiger partial charge in [0.15, 0.2) is 6.61 Å². The molecule has 2 rings (SSSR count). The Morgan fingerprint density at radius 1 is 1.29 bits per heavy atom. The van der Waals surface area contributed by atoms with Crippen molar-refractivity contribution in [2.45, 2.75) is 33.7 Å². The fourth-order valence-electron chi connectivity index (χ4n) is 2.64. The molecule has 21 heavy (non-hydrogen) atoms. The van der Waals surface area contributed by atoms with Crippen molar-refractivity contribution in [3.8, 4) is 5.75 Å². The molecule has 0 spiro atoms. The number of aryl methyl sites for hydroxylation is 1. The van der Waals surface area contributed by atoms with Crippen LogP contribution in [0.15, 0.2) is 34.8 Å². The van der Waals surface area contributed by atoms with Crippen LogP contribution in [0.4, 0.5) is 0 Å². The highest BCUT2D eigenvalue weighted by Crippen LogP contribution is 2.25. The van der Waals surface area contributed by atoms with Crippen molar-refractivity contribution in [3.05, 3.63) is 51.8 Å². The largest absolute Gasteiger partial charge is 0.484 e. The zero-order chi connectivity index (χ0) is 15.6. The Morgan fingerprint density at radius 3 is 2.52 bits per heavy atom. The van der Waals surface area contributed by atoms with Gasteiger partial charge in [0.05, 0.1) is 4.47 Å². The van der Waals surface area contributed by atoms with Crippen LogP contribution in [-0.2, 0) is 0 Å². The molecule has 0 amide bonds. The molecule has 1 aromatic carbocycles. The molecule has 2 aromatic rings. The summed E-state index contributed by atoms with van der Waals surface area (Å²) in [5.41, 5.74) is 2.85. The first-order chi connectivity index (χ1) is 9.91. The molecule has 0 saturated heterocycles. The number of hydrogen-bond acceptors (Lipinski definition) is 2. The lowest BCUT2D eigenvalue weighted by atomic mass is 10.1. The fraction of sp³-hybridized carbons (Fsp3) is 0.353. The molecular weight excluding hydrogens is 330 g/mol. The maximum atomic E-state index is 12.4. The SMILES string of the molecule is Cc1cc(C(=O)COc2ccccc2Br)c(C)n1C(C)C. The minimum Gasteiger partial charge on any atom is -0.484 e. The molecule has 0 aliphatic heterocycles. The summed E-state index contributed by atoms with van der Waals surface area (Å²) in [5.74, 6) is 0.689. The molecule has 3 nitrogen and oxygen atoms in total. The average molecular weight is 350 g/mol. The van der Waals surface area contributed by atoms with E-state index in [0.29, 0.717) is 11.8 Å². The second-order valence-electron chi connectivity index (χ2n) is 5.39. The number of aromatic nitrogens is 1. The van der Waals surface area contributed by atoms with E-state index in [1.54, 1.807) is 0 Å². The molecule has 0 fully saturated rings. The number of Topliss-reactive ketones (excluding diaryl/α,β-unsaturated/α-hetero) is 1. The van der Waals surface area contributed by atoms with Gasteiger partial charge in [0.25, 0.3) is 0 Å². The Labute approximate surface area is 134 Å². The summed E-state index contributed by atoms with van der Waals surface area (Å²) in [6.45, 7) is 8.29. The molecular formula is C17H20BrNO2. The van der Waals surface area contributed by atoms with E-state index in [4.69, 9.17) is 4.74 Å². The number of benzene rings is 1. The van der Waals surface area contributed by atoms with Gasteiger partial charge in [-0.15, -0.1) is 0 Å². The Hall–Kier alpha value is -1.55. The number of nitrogens with zero attached hydrogens (tertiary/aromatic N) is 1. The van der Waals surface area contributed by atoms with Gasteiger partial charge in [0.2, 0.25) is 5.78 Å². The van der Waals surface area contributed by atoms with Crippen LogP contribution in [0.25, 0.3) is 0 Å². The summed E-state index contributed by atoms with van der Waals surface area (Å²) in [7, 11) is 0. The number of ether oxygens (including phenoxy) is 1. The van der Waals surface area contributed by atoms with Crippen LogP contribution in [-0.4, -0.2) is 17.0 Å². The highest BCUT2D eigenvalue weighted by molar-refractivity contribution is 9.10.